The Morgan fingerprint density at radius 3 is 2.64 bits per heavy atom. The van der Waals surface area contributed by atoms with E-state index in [0.717, 1.165) is 23.2 Å². The lowest BCUT2D eigenvalue weighted by Gasteiger charge is -2.39. The van der Waals surface area contributed by atoms with E-state index in [1.54, 1.807) is 43.7 Å². The summed E-state index contributed by atoms with van der Waals surface area (Å²) in [5.41, 5.74) is 4.83. The minimum atomic E-state index is -2.77. The van der Waals surface area contributed by atoms with E-state index < -0.39 is 12.7 Å². The van der Waals surface area contributed by atoms with Gasteiger partial charge in [-0.15, -0.1) is 0 Å². The predicted octanol–water partition coefficient (Wildman–Crippen LogP) is 5.55. The predicted molar refractivity (Wildman–Crippen MR) is 181 cm³/mol. The van der Waals surface area contributed by atoms with E-state index >= 15 is 0 Å². The molecule has 3 N–H and O–H groups in total. The molecule has 6 rings (SSSR count). The van der Waals surface area contributed by atoms with E-state index in [1.165, 1.54) is 0 Å². The Bertz CT molecular complexity index is 1950. The minimum absolute atomic E-state index is 0.0425. The second-order valence-corrected chi connectivity index (χ2v) is 15.7. The van der Waals surface area contributed by atoms with E-state index in [-0.39, 0.29) is 6.10 Å². The van der Waals surface area contributed by atoms with Crippen molar-refractivity contribution in [2.45, 2.75) is 25.6 Å². The first-order chi connectivity index (χ1) is 21.4. The van der Waals surface area contributed by atoms with Gasteiger partial charge in [0.05, 0.1) is 46.1 Å². The van der Waals surface area contributed by atoms with Crippen LogP contribution in [0.4, 0.5) is 23.1 Å². The molecule has 1 aliphatic heterocycles. The Morgan fingerprint density at radius 1 is 1.13 bits per heavy atom. The molecule has 1 fully saturated rings. The molecule has 2 atom stereocenters. The van der Waals surface area contributed by atoms with Crippen molar-refractivity contribution in [2.75, 3.05) is 44.2 Å². The first-order valence-corrected chi connectivity index (χ1v) is 17.8. The lowest BCUT2D eigenvalue weighted by molar-refractivity contribution is -0.102. The summed E-state index contributed by atoms with van der Waals surface area (Å²) in [7, 11) is 0.755. The number of aryl methyl sites for hydroxylation is 1. The summed E-state index contributed by atoms with van der Waals surface area (Å²) in [4.78, 5) is 18.2. The van der Waals surface area contributed by atoms with Crippen molar-refractivity contribution >= 4 is 62.6 Å². The van der Waals surface area contributed by atoms with E-state index in [4.69, 9.17) is 14.5 Å². The van der Waals surface area contributed by atoms with Crippen LogP contribution in [-0.4, -0.2) is 69.3 Å². The monoisotopic (exact) mass is 691 g/mol. The van der Waals surface area contributed by atoms with E-state index in [2.05, 4.69) is 65.8 Å². The summed E-state index contributed by atoms with van der Waals surface area (Å²) < 4.78 is 28.2. The quantitative estimate of drug-likeness (QED) is 0.176. The first kappa shape index (κ1) is 31.1. The van der Waals surface area contributed by atoms with Gasteiger partial charge in [-0.2, -0.15) is 10.1 Å². The van der Waals surface area contributed by atoms with Gasteiger partial charge in [0.15, 0.2) is 0 Å². The molecule has 0 aliphatic carbocycles. The maximum absolute atomic E-state index is 13.4. The Labute approximate surface area is 269 Å². The molecule has 1 aliphatic rings. The van der Waals surface area contributed by atoms with Gasteiger partial charge in [-0.25, -0.2) is 4.98 Å². The molecule has 2 aromatic carbocycles. The lowest BCUT2D eigenvalue weighted by Crippen LogP contribution is -2.49. The van der Waals surface area contributed by atoms with Crippen molar-refractivity contribution in [3.05, 3.63) is 65.3 Å². The summed E-state index contributed by atoms with van der Waals surface area (Å²) >= 11 is 3.57. The molecule has 0 unspecified atom stereocenters. The molecular weight excluding hydrogens is 657 g/mol. The number of fused-ring (bicyclic) bond motifs is 1. The highest BCUT2D eigenvalue weighted by Crippen LogP contribution is 2.43. The van der Waals surface area contributed by atoms with Crippen LogP contribution in [0.5, 0.6) is 5.75 Å². The Balaban J connectivity index is 1.40. The molecule has 45 heavy (non-hydrogen) atoms. The Morgan fingerprint density at radius 2 is 1.93 bits per heavy atom. The molecule has 5 aromatic rings. The maximum atomic E-state index is 13.4. The number of nitrogens with zero attached hydrogens (tertiary/aromatic N) is 6. The lowest BCUT2D eigenvalue weighted by atomic mass is 9.87. The zero-order valence-electron chi connectivity index (χ0n) is 25.9. The van der Waals surface area contributed by atoms with E-state index in [1.807, 2.05) is 43.7 Å². The molecule has 14 heteroatoms. The molecule has 0 spiro atoms. The average molecular weight is 693 g/mol. The normalized spacial score (nSPS) is 18.6. The van der Waals surface area contributed by atoms with Gasteiger partial charge in [0.25, 0.3) is 0 Å². The van der Waals surface area contributed by atoms with Gasteiger partial charge in [-0.1, -0.05) is 0 Å². The van der Waals surface area contributed by atoms with Crippen LogP contribution in [0.25, 0.3) is 22.2 Å². The standard InChI is InChI=1S/C31H35BrN9O3P/c1-18-13-33-17-31(2,44-18)21-12-26(43-4)25(11-20(21)19-14-37-41(3)16-19)39-30-36-15-22(32)29(40-30)38-24-8-7-23-27(35-10-9-34-23)28(24)45(5,6)42/h7-12,14-16,18,33H,13,17H2,1-6H3,(H2,36,38,39,40)/t18-,31+/m0/s1. The highest BCUT2D eigenvalue weighted by atomic mass is 79.9. The molecule has 12 nitrogen and oxygen atoms in total. The molecule has 1 saturated heterocycles. The molecule has 234 valence electrons. The van der Waals surface area contributed by atoms with Crippen molar-refractivity contribution < 1.29 is 14.0 Å². The van der Waals surface area contributed by atoms with Crippen molar-refractivity contribution in [3.8, 4) is 16.9 Å². The fourth-order valence-electron chi connectivity index (χ4n) is 5.71. The highest BCUT2D eigenvalue weighted by Gasteiger charge is 2.36. The molecule has 3 aromatic heterocycles. The van der Waals surface area contributed by atoms with Gasteiger partial charge < -0.3 is 30.0 Å². The highest BCUT2D eigenvalue weighted by molar-refractivity contribution is 9.10. The van der Waals surface area contributed by atoms with Gasteiger partial charge in [0.1, 0.15) is 29.8 Å². The summed E-state index contributed by atoms with van der Waals surface area (Å²) in [5, 5.41) is 15.2. The number of hydrogen-bond donors (Lipinski definition) is 3. The van der Waals surface area contributed by atoms with Crippen molar-refractivity contribution in [1.82, 2.24) is 35.0 Å². The van der Waals surface area contributed by atoms with Gasteiger partial charge in [-0.05, 0) is 78.5 Å². The number of nitrogens with one attached hydrogen (secondary N) is 3. The number of morpholine rings is 1. The van der Waals surface area contributed by atoms with Gasteiger partial charge in [0.2, 0.25) is 5.95 Å². The van der Waals surface area contributed by atoms with Crippen LogP contribution in [0.1, 0.15) is 19.4 Å². The van der Waals surface area contributed by atoms with Crippen LogP contribution < -0.4 is 26.0 Å². The average Bonchev–Trinajstić information content (AvgIpc) is 3.43. The minimum Gasteiger partial charge on any atom is -0.495 e. The second-order valence-electron chi connectivity index (χ2n) is 11.7. The Hall–Kier alpha value is -3.90. The SMILES string of the molecule is COc1cc([C@@]2(C)CNC[C@H](C)O2)c(-c2cnn(C)c2)cc1Nc1ncc(Br)c(Nc2ccc3nccnc3c2P(C)(C)=O)n1. The molecule has 0 saturated carbocycles. The number of rotatable bonds is 8. The van der Waals surface area contributed by atoms with Crippen molar-refractivity contribution in [2.24, 2.45) is 7.05 Å². The van der Waals surface area contributed by atoms with Crippen LogP contribution in [0.3, 0.4) is 0 Å². The topological polar surface area (TPSA) is 141 Å². The van der Waals surface area contributed by atoms with Crippen LogP contribution in [0, 0.1) is 0 Å². The van der Waals surface area contributed by atoms with Crippen molar-refractivity contribution in [1.29, 1.82) is 0 Å². The second kappa shape index (κ2) is 12.1. The number of hydrogen-bond acceptors (Lipinski definition) is 11. The fourth-order valence-corrected chi connectivity index (χ4v) is 7.40. The summed E-state index contributed by atoms with van der Waals surface area (Å²) in [5.74, 6) is 1.42. The molecule has 0 amide bonds. The maximum Gasteiger partial charge on any atom is 0.229 e. The number of methoxy groups -OCH3 is 1. The summed E-state index contributed by atoms with van der Waals surface area (Å²) in [6, 6.07) is 7.71. The zero-order chi connectivity index (χ0) is 31.9. The fraction of sp³-hybridized carbons (Fsp3) is 0.323. The third-order valence-corrected chi connectivity index (χ3v) is 9.79. The number of halogens is 1. The summed E-state index contributed by atoms with van der Waals surface area (Å²) in [6.07, 6.45) is 8.73. The molecule has 4 heterocycles. The van der Waals surface area contributed by atoms with Gasteiger partial charge in [-0.3, -0.25) is 14.6 Å². The number of anilines is 4. The van der Waals surface area contributed by atoms with Crippen LogP contribution >= 0.6 is 23.1 Å². The van der Waals surface area contributed by atoms with E-state index in [9.17, 15) is 4.57 Å². The van der Waals surface area contributed by atoms with Crippen LogP contribution in [0.15, 0.2) is 59.7 Å². The molecule has 0 radical (unpaired) electrons. The first-order valence-electron chi connectivity index (χ1n) is 14.4. The van der Waals surface area contributed by atoms with Crippen molar-refractivity contribution in [3.63, 3.8) is 0 Å². The molecule has 0 bridgehead atoms. The van der Waals surface area contributed by atoms with Gasteiger partial charge >= 0.3 is 0 Å². The van der Waals surface area contributed by atoms with E-state index in [0.29, 0.717) is 56.2 Å². The number of ether oxygens (including phenoxy) is 2. The third-order valence-electron chi connectivity index (χ3n) is 7.68. The number of aromatic nitrogens is 6. The van der Waals surface area contributed by atoms with Crippen LogP contribution in [0.2, 0.25) is 0 Å². The van der Waals surface area contributed by atoms with Gasteiger partial charge in [0, 0.05) is 50.5 Å². The third kappa shape index (κ3) is 6.30. The smallest absolute Gasteiger partial charge is 0.229 e. The van der Waals surface area contributed by atoms with Crippen LogP contribution in [-0.2, 0) is 22.0 Å². The Kier molecular flexibility index (Phi) is 8.38. The molecular formula is C31H35BrN9O3P. The zero-order valence-corrected chi connectivity index (χ0v) is 28.4. The number of benzene rings is 2. The summed E-state index contributed by atoms with van der Waals surface area (Å²) in [6.45, 7) is 9.02. The largest absolute Gasteiger partial charge is 0.495 e.